The highest BCUT2D eigenvalue weighted by atomic mass is 16.5. The topological polar surface area (TPSA) is 92.1 Å². The Bertz CT molecular complexity index is 1310. The molecule has 1 unspecified atom stereocenters. The van der Waals surface area contributed by atoms with E-state index in [-0.39, 0.29) is 6.10 Å². The van der Waals surface area contributed by atoms with Crippen molar-refractivity contribution in [2.45, 2.75) is 64.3 Å². The molecule has 2 aliphatic rings. The van der Waals surface area contributed by atoms with Gasteiger partial charge in [0.15, 0.2) is 0 Å². The molecule has 3 heterocycles. The van der Waals surface area contributed by atoms with E-state index in [1.165, 1.54) is 30.9 Å². The summed E-state index contributed by atoms with van der Waals surface area (Å²) in [4.78, 5) is 18.2. The molecule has 0 bridgehead atoms. The quantitative estimate of drug-likeness (QED) is 0.405. The van der Waals surface area contributed by atoms with E-state index in [9.17, 15) is 15.0 Å². The smallest absolute Gasteiger partial charge is 0.309 e. The fourth-order valence-electron chi connectivity index (χ4n) is 5.60. The number of ether oxygens (including phenoxy) is 2. The molecule has 1 fully saturated rings. The van der Waals surface area contributed by atoms with Crippen molar-refractivity contribution in [3.8, 4) is 22.8 Å². The molecule has 1 aromatic heterocycles. The third kappa shape index (κ3) is 5.40. The van der Waals surface area contributed by atoms with E-state index in [0.717, 1.165) is 48.4 Å². The second-order valence-corrected chi connectivity index (χ2v) is 10.5. The molecule has 0 spiro atoms. The van der Waals surface area contributed by atoms with Crippen molar-refractivity contribution in [1.29, 1.82) is 0 Å². The summed E-state index contributed by atoms with van der Waals surface area (Å²) >= 11 is 0. The molecule has 2 N–H and O–H groups in total. The molecule has 0 amide bonds. The first kappa shape index (κ1) is 26.2. The number of aliphatic hydroxyl groups is 1. The molecule has 1 saturated heterocycles. The highest BCUT2D eigenvalue weighted by Crippen LogP contribution is 2.40. The van der Waals surface area contributed by atoms with Gasteiger partial charge in [-0.25, -0.2) is 4.98 Å². The summed E-state index contributed by atoms with van der Waals surface area (Å²) in [5.41, 5.74) is 6.23. The minimum absolute atomic E-state index is 0.124. The number of methoxy groups -OCH3 is 1. The zero-order chi connectivity index (χ0) is 26.8. The lowest BCUT2D eigenvalue weighted by Crippen LogP contribution is -2.27. The number of aliphatic carboxylic acids is 1. The number of aliphatic hydroxyl groups excluding tert-OH is 1. The van der Waals surface area contributed by atoms with Crippen LogP contribution in [0, 0.1) is 5.92 Å². The van der Waals surface area contributed by atoms with Gasteiger partial charge in [0, 0.05) is 24.8 Å². The highest BCUT2D eigenvalue weighted by molar-refractivity contribution is 5.70. The third-order valence-corrected chi connectivity index (χ3v) is 8.07. The molecule has 0 aliphatic carbocycles. The number of rotatable bonds is 8. The summed E-state index contributed by atoms with van der Waals surface area (Å²) < 4.78 is 11.9. The van der Waals surface area contributed by atoms with Crippen LogP contribution in [0.25, 0.3) is 11.1 Å². The predicted octanol–water partition coefficient (Wildman–Crippen LogP) is 5.56. The molecule has 5 rings (SSSR count). The number of hydrogen-bond acceptors (Lipinski definition) is 6. The SMILES string of the molecule is COc1cc(-c2ccc(C3CCc4ccc([C@H](O)[C@H](C)C(=O)O)cc4O3)c(CN3CCC[C@H]3C)c2)ccn1. The zero-order valence-corrected chi connectivity index (χ0v) is 22.3. The van der Waals surface area contributed by atoms with Crippen LogP contribution in [0.15, 0.2) is 54.7 Å². The Labute approximate surface area is 224 Å². The number of hydrogen-bond donors (Lipinski definition) is 2. The van der Waals surface area contributed by atoms with Crippen LogP contribution in [0.2, 0.25) is 0 Å². The van der Waals surface area contributed by atoms with Crippen molar-refractivity contribution in [2.75, 3.05) is 13.7 Å². The van der Waals surface area contributed by atoms with Crippen molar-refractivity contribution in [1.82, 2.24) is 9.88 Å². The van der Waals surface area contributed by atoms with Gasteiger partial charge >= 0.3 is 5.97 Å². The summed E-state index contributed by atoms with van der Waals surface area (Å²) in [5.74, 6) is -0.620. The fourth-order valence-corrected chi connectivity index (χ4v) is 5.60. The maximum atomic E-state index is 11.4. The molecule has 200 valence electrons. The van der Waals surface area contributed by atoms with Gasteiger partial charge in [0.2, 0.25) is 5.88 Å². The van der Waals surface area contributed by atoms with Gasteiger partial charge < -0.3 is 19.7 Å². The molecular formula is C31H36N2O5. The number of carboxylic acids is 1. The Morgan fingerprint density at radius 3 is 2.71 bits per heavy atom. The number of nitrogens with zero attached hydrogens (tertiary/aromatic N) is 2. The van der Waals surface area contributed by atoms with Crippen LogP contribution in [0.1, 0.15) is 67.6 Å². The number of aryl methyl sites for hydroxylation is 1. The summed E-state index contributed by atoms with van der Waals surface area (Å²) in [6, 6.07) is 16.6. The van der Waals surface area contributed by atoms with Gasteiger partial charge in [0.25, 0.3) is 0 Å². The molecule has 0 radical (unpaired) electrons. The number of pyridine rings is 1. The standard InChI is InChI=1S/C31H36N2O5/c1-19-5-4-14-33(19)18-25-15-22(23-12-13-32-29(17-23)37-3)8-10-26(25)27-11-9-21-6-7-24(16-28(21)38-27)30(34)20(2)31(35)36/h6-8,10,12-13,15-17,19-20,27,30,34H,4-5,9,11,14,18H2,1-3H3,(H,35,36)/t19-,20+,27?,30-/m1/s1. The molecule has 38 heavy (non-hydrogen) atoms. The number of fused-ring (bicyclic) bond motifs is 1. The average molecular weight is 517 g/mol. The van der Waals surface area contributed by atoms with Crippen LogP contribution in [0.5, 0.6) is 11.6 Å². The normalized spacial score (nSPS) is 20.8. The summed E-state index contributed by atoms with van der Waals surface area (Å²) in [6.45, 7) is 5.75. The predicted molar refractivity (Wildman–Crippen MR) is 145 cm³/mol. The van der Waals surface area contributed by atoms with Gasteiger partial charge in [-0.2, -0.15) is 0 Å². The average Bonchev–Trinajstić information content (AvgIpc) is 3.35. The Balaban J connectivity index is 1.47. The minimum Gasteiger partial charge on any atom is -0.485 e. The van der Waals surface area contributed by atoms with E-state index in [0.29, 0.717) is 17.5 Å². The maximum Gasteiger partial charge on any atom is 0.309 e. The van der Waals surface area contributed by atoms with Crippen molar-refractivity contribution in [3.05, 3.63) is 77.0 Å². The first-order valence-corrected chi connectivity index (χ1v) is 13.4. The number of aromatic nitrogens is 1. The third-order valence-electron chi connectivity index (χ3n) is 8.07. The first-order chi connectivity index (χ1) is 18.3. The van der Waals surface area contributed by atoms with Crippen molar-refractivity contribution in [3.63, 3.8) is 0 Å². The molecule has 7 nitrogen and oxygen atoms in total. The fraction of sp³-hybridized carbons (Fsp3) is 0.419. The summed E-state index contributed by atoms with van der Waals surface area (Å²) in [7, 11) is 1.63. The van der Waals surface area contributed by atoms with Crippen LogP contribution in [-0.4, -0.2) is 45.8 Å². The molecule has 7 heteroatoms. The van der Waals surface area contributed by atoms with E-state index >= 15 is 0 Å². The van der Waals surface area contributed by atoms with Gasteiger partial charge in [0.1, 0.15) is 11.9 Å². The van der Waals surface area contributed by atoms with Crippen LogP contribution in [0.3, 0.4) is 0 Å². The number of carboxylic acid groups (broad SMARTS) is 1. The number of carbonyl (C=O) groups is 1. The van der Waals surface area contributed by atoms with Gasteiger partial charge in [-0.3, -0.25) is 9.69 Å². The molecule has 2 aliphatic heterocycles. The van der Waals surface area contributed by atoms with E-state index in [4.69, 9.17) is 9.47 Å². The lowest BCUT2D eigenvalue weighted by Gasteiger charge is -2.30. The summed E-state index contributed by atoms with van der Waals surface area (Å²) in [5, 5.41) is 19.9. The molecular weight excluding hydrogens is 480 g/mol. The molecule has 3 aromatic rings. The van der Waals surface area contributed by atoms with Crippen molar-refractivity contribution >= 4 is 5.97 Å². The van der Waals surface area contributed by atoms with Gasteiger partial charge in [-0.15, -0.1) is 0 Å². The Morgan fingerprint density at radius 1 is 1.16 bits per heavy atom. The number of likely N-dealkylation sites (tertiary alicyclic amines) is 1. The Hall–Kier alpha value is -3.42. The minimum atomic E-state index is -1.09. The Kier molecular flexibility index (Phi) is 7.68. The highest BCUT2D eigenvalue weighted by Gasteiger charge is 2.29. The Morgan fingerprint density at radius 2 is 1.97 bits per heavy atom. The van der Waals surface area contributed by atoms with E-state index in [2.05, 4.69) is 35.0 Å². The van der Waals surface area contributed by atoms with Gasteiger partial charge in [-0.1, -0.05) is 24.3 Å². The lowest BCUT2D eigenvalue weighted by atomic mass is 9.90. The van der Waals surface area contributed by atoms with E-state index in [1.807, 2.05) is 30.3 Å². The van der Waals surface area contributed by atoms with Gasteiger partial charge in [0.05, 0.1) is 19.1 Å². The largest absolute Gasteiger partial charge is 0.485 e. The van der Waals surface area contributed by atoms with Crippen molar-refractivity contribution < 1.29 is 24.5 Å². The van der Waals surface area contributed by atoms with Gasteiger partial charge in [-0.05, 0) is 97.7 Å². The van der Waals surface area contributed by atoms with E-state index in [1.54, 1.807) is 13.3 Å². The lowest BCUT2D eigenvalue weighted by molar-refractivity contribution is -0.145. The second-order valence-electron chi connectivity index (χ2n) is 10.5. The van der Waals surface area contributed by atoms with Crippen molar-refractivity contribution in [2.24, 2.45) is 5.92 Å². The molecule has 2 aromatic carbocycles. The molecule has 0 saturated carbocycles. The maximum absolute atomic E-state index is 11.4. The molecule has 4 atom stereocenters. The second kappa shape index (κ2) is 11.1. The van der Waals surface area contributed by atoms with Crippen LogP contribution < -0.4 is 9.47 Å². The zero-order valence-electron chi connectivity index (χ0n) is 22.3. The first-order valence-electron chi connectivity index (χ1n) is 13.4. The monoisotopic (exact) mass is 516 g/mol. The summed E-state index contributed by atoms with van der Waals surface area (Å²) in [6.07, 6.45) is 4.68. The van der Waals surface area contributed by atoms with Crippen LogP contribution in [-0.2, 0) is 17.8 Å². The van der Waals surface area contributed by atoms with E-state index < -0.39 is 18.0 Å². The van der Waals surface area contributed by atoms with Crippen LogP contribution >= 0.6 is 0 Å². The van der Waals surface area contributed by atoms with Crippen LogP contribution in [0.4, 0.5) is 0 Å². The number of benzene rings is 2.